The molecule has 1 aromatic carbocycles. The molecular formula is C17H23N3O3. The van der Waals surface area contributed by atoms with Crippen LogP contribution >= 0.6 is 0 Å². The first-order valence-corrected chi connectivity index (χ1v) is 7.88. The third-order valence-electron chi connectivity index (χ3n) is 3.51. The summed E-state index contributed by atoms with van der Waals surface area (Å²) >= 11 is 0. The zero-order chi connectivity index (χ0) is 16.7. The minimum absolute atomic E-state index is 0.00940. The van der Waals surface area contributed by atoms with Crippen molar-refractivity contribution in [3.05, 3.63) is 30.2 Å². The Morgan fingerprint density at radius 1 is 1.35 bits per heavy atom. The zero-order valence-electron chi connectivity index (χ0n) is 13.8. The lowest BCUT2D eigenvalue weighted by Crippen LogP contribution is -2.32. The first kappa shape index (κ1) is 17.0. The van der Waals surface area contributed by atoms with E-state index < -0.39 is 0 Å². The molecule has 1 N–H and O–H groups in total. The highest BCUT2D eigenvalue weighted by atomic mass is 16.5. The van der Waals surface area contributed by atoms with E-state index in [0.29, 0.717) is 24.6 Å². The quantitative estimate of drug-likeness (QED) is 0.810. The summed E-state index contributed by atoms with van der Waals surface area (Å²) in [6.45, 7) is 4.11. The first-order chi connectivity index (χ1) is 11.1. The smallest absolute Gasteiger partial charge is 0.227 e. The number of aryl methyl sites for hydroxylation is 1. The third kappa shape index (κ3) is 5.09. The van der Waals surface area contributed by atoms with Crippen molar-refractivity contribution >= 4 is 5.91 Å². The molecule has 23 heavy (non-hydrogen) atoms. The van der Waals surface area contributed by atoms with Crippen LogP contribution in [-0.4, -0.2) is 29.2 Å². The minimum Gasteiger partial charge on any atom is -0.497 e. The highest BCUT2D eigenvalue weighted by Crippen LogP contribution is 2.19. The Bertz CT molecular complexity index is 622. The molecule has 0 radical (unpaired) electrons. The summed E-state index contributed by atoms with van der Waals surface area (Å²) < 4.78 is 10.3. The maximum Gasteiger partial charge on any atom is 0.227 e. The maximum absolute atomic E-state index is 11.8. The van der Waals surface area contributed by atoms with Crippen LogP contribution in [0.3, 0.4) is 0 Å². The van der Waals surface area contributed by atoms with E-state index in [1.54, 1.807) is 7.11 Å². The number of nitrogens with zero attached hydrogens (tertiary/aromatic N) is 2. The molecule has 0 spiro atoms. The van der Waals surface area contributed by atoms with Crippen LogP contribution in [0.5, 0.6) is 5.75 Å². The van der Waals surface area contributed by atoms with E-state index in [-0.39, 0.29) is 11.9 Å². The second kappa shape index (κ2) is 8.31. The molecule has 2 aromatic rings. The van der Waals surface area contributed by atoms with Crippen molar-refractivity contribution in [3.63, 3.8) is 0 Å². The van der Waals surface area contributed by atoms with Crippen LogP contribution in [0.25, 0.3) is 11.4 Å². The lowest BCUT2D eigenvalue weighted by molar-refractivity contribution is -0.121. The molecule has 1 heterocycles. The summed E-state index contributed by atoms with van der Waals surface area (Å²) in [5.41, 5.74) is 0.849. The number of benzene rings is 1. The van der Waals surface area contributed by atoms with E-state index in [2.05, 4.69) is 22.4 Å². The number of ether oxygens (including phenoxy) is 1. The van der Waals surface area contributed by atoms with Gasteiger partial charge in [0.25, 0.3) is 0 Å². The fraction of sp³-hybridized carbons (Fsp3) is 0.471. The topological polar surface area (TPSA) is 77.2 Å². The third-order valence-corrected chi connectivity index (χ3v) is 3.51. The fourth-order valence-electron chi connectivity index (χ4n) is 2.29. The van der Waals surface area contributed by atoms with Gasteiger partial charge in [-0.2, -0.15) is 4.98 Å². The molecule has 2 rings (SSSR count). The Hall–Kier alpha value is -2.37. The van der Waals surface area contributed by atoms with Gasteiger partial charge in [-0.15, -0.1) is 0 Å². The molecule has 6 nitrogen and oxygen atoms in total. The normalized spacial score (nSPS) is 12.0. The predicted octanol–water partition coefficient (Wildman–Crippen LogP) is 2.98. The van der Waals surface area contributed by atoms with Crippen molar-refractivity contribution in [1.82, 2.24) is 15.5 Å². The minimum atomic E-state index is 0.00940. The van der Waals surface area contributed by atoms with E-state index in [4.69, 9.17) is 9.26 Å². The molecule has 1 aromatic heterocycles. The Balaban J connectivity index is 1.88. The van der Waals surface area contributed by atoms with E-state index in [1.807, 2.05) is 31.2 Å². The fourth-order valence-corrected chi connectivity index (χ4v) is 2.29. The molecule has 1 atom stereocenters. The number of nitrogens with one attached hydrogen (secondary N) is 1. The molecule has 0 fully saturated rings. The van der Waals surface area contributed by atoms with E-state index in [9.17, 15) is 4.79 Å². The van der Waals surface area contributed by atoms with Crippen molar-refractivity contribution in [1.29, 1.82) is 0 Å². The number of amides is 1. The average molecular weight is 317 g/mol. The number of carbonyl (C=O) groups is 1. The molecule has 0 aliphatic rings. The van der Waals surface area contributed by atoms with Gasteiger partial charge in [0.05, 0.1) is 7.11 Å². The molecule has 0 saturated carbocycles. The Labute approximate surface area is 136 Å². The average Bonchev–Trinajstić information content (AvgIpc) is 3.02. The van der Waals surface area contributed by atoms with Gasteiger partial charge in [0, 0.05) is 24.4 Å². The Morgan fingerprint density at radius 3 is 2.74 bits per heavy atom. The van der Waals surface area contributed by atoms with E-state index in [0.717, 1.165) is 24.2 Å². The maximum atomic E-state index is 11.8. The van der Waals surface area contributed by atoms with Gasteiger partial charge in [0.1, 0.15) is 5.75 Å². The van der Waals surface area contributed by atoms with Gasteiger partial charge in [0.15, 0.2) is 0 Å². The standard InChI is InChI=1S/C17H23N3O3/c1-4-5-12(2)18-15(21)10-11-16-19-17(20-23-16)13-6-8-14(22-3)9-7-13/h6-9,12H,4-5,10-11H2,1-3H3,(H,18,21)/t12-/m0/s1. The molecule has 0 bridgehead atoms. The predicted molar refractivity (Wildman–Crippen MR) is 87.1 cm³/mol. The molecule has 1 amide bonds. The van der Waals surface area contributed by atoms with Crippen LogP contribution in [0.15, 0.2) is 28.8 Å². The number of hydrogen-bond donors (Lipinski definition) is 1. The van der Waals surface area contributed by atoms with Crippen molar-refractivity contribution in [2.75, 3.05) is 7.11 Å². The Morgan fingerprint density at radius 2 is 2.09 bits per heavy atom. The molecule has 6 heteroatoms. The molecule has 124 valence electrons. The van der Waals surface area contributed by atoms with Crippen molar-refractivity contribution in [2.24, 2.45) is 0 Å². The Kier molecular flexibility index (Phi) is 6.14. The van der Waals surface area contributed by atoms with Crippen molar-refractivity contribution < 1.29 is 14.1 Å². The van der Waals surface area contributed by atoms with Crippen LogP contribution in [0, 0.1) is 0 Å². The van der Waals surface area contributed by atoms with Crippen molar-refractivity contribution in [2.45, 2.75) is 45.6 Å². The summed E-state index contributed by atoms with van der Waals surface area (Å²) in [4.78, 5) is 16.2. The van der Waals surface area contributed by atoms with Gasteiger partial charge >= 0.3 is 0 Å². The summed E-state index contributed by atoms with van der Waals surface area (Å²) in [7, 11) is 1.62. The number of carbonyl (C=O) groups excluding carboxylic acids is 1. The molecular weight excluding hydrogens is 294 g/mol. The number of methoxy groups -OCH3 is 1. The summed E-state index contributed by atoms with van der Waals surface area (Å²) in [6.07, 6.45) is 2.82. The zero-order valence-corrected chi connectivity index (χ0v) is 13.8. The highest BCUT2D eigenvalue weighted by Gasteiger charge is 2.12. The monoisotopic (exact) mass is 317 g/mol. The number of hydrogen-bond acceptors (Lipinski definition) is 5. The van der Waals surface area contributed by atoms with Crippen LogP contribution in [0.2, 0.25) is 0 Å². The second-order valence-corrected chi connectivity index (χ2v) is 5.50. The van der Waals surface area contributed by atoms with Crippen LogP contribution in [0.4, 0.5) is 0 Å². The van der Waals surface area contributed by atoms with Crippen molar-refractivity contribution in [3.8, 4) is 17.1 Å². The number of rotatable bonds is 8. The van der Waals surface area contributed by atoms with Gasteiger partial charge in [-0.3, -0.25) is 4.79 Å². The lowest BCUT2D eigenvalue weighted by Gasteiger charge is -2.11. The summed E-state index contributed by atoms with van der Waals surface area (Å²) in [5.74, 6) is 1.77. The van der Waals surface area contributed by atoms with Gasteiger partial charge in [-0.25, -0.2) is 0 Å². The van der Waals surface area contributed by atoms with Crippen LogP contribution < -0.4 is 10.1 Å². The van der Waals surface area contributed by atoms with Gasteiger partial charge in [-0.1, -0.05) is 18.5 Å². The first-order valence-electron chi connectivity index (χ1n) is 7.88. The molecule has 0 unspecified atom stereocenters. The van der Waals surface area contributed by atoms with Crippen LogP contribution in [0.1, 0.15) is 39.0 Å². The van der Waals surface area contributed by atoms with Gasteiger partial charge in [-0.05, 0) is 37.6 Å². The van der Waals surface area contributed by atoms with Gasteiger partial charge < -0.3 is 14.6 Å². The molecule has 0 saturated heterocycles. The largest absolute Gasteiger partial charge is 0.497 e. The summed E-state index contributed by atoms with van der Waals surface area (Å²) in [6, 6.07) is 7.62. The summed E-state index contributed by atoms with van der Waals surface area (Å²) in [5, 5.41) is 6.91. The highest BCUT2D eigenvalue weighted by molar-refractivity contribution is 5.76. The SMILES string of the molecule is CCC[C@H](C)NC(=O)CCc1nc(-c2ccc(OC)cc2)no1. The van der Waals surface area contributed by atoms with Gasteiger partial charge in [0.2, 0.25) is 17.6 Å². The second-order valence-electron chi connectivity index (χ2n) is 5.50. The van der Waals surface area contributed by atoms with Crippen LogP contribution in [-0.2, 0) is 11.2 Å². The molecule has 0 aliphatic carbocycles. The van der Waals surface area contributed by atoms with E-state index >= 15 is 0 Å². The lowest BCUT2D eigenvalue weighted by atomic mass is 10.2. The van der Waals surface area contributed by atoms with E-state index in [1.165, 1.54) is 0 Å². The number of aromatic nitrogens is 2. The molecule has 0 aliphatic heterocycles.